The number of hydrogen-bond acceptors (Lipinski definition) is 8. The van der Waals surface area contributed by atoms with Gasteiger partial charge in [0.2, 0.25) is 5.95 Å². The van der Waals surface area contributed by atoms with Crippen molar-refractivity contribution in [1.82, 2.24) is 20.3 Å². The first-order valence-electron chi connectivity index (χ1n) is 7.19. The van der Waals surface area contributed by atoms with Gasteiger partial charge in [-0.05, 0) is 25.3 Å². The van der Waals surface area contributed by atoms with E-state index in [-0.39, 0.29) is 17.5 Å². The highest BCUT2D eigenvalue weighted by atomic mass is 32.2. The van der Waals surface area contributed by atoms with E-state index in [9.17, 15) is 4.79 Å². The summed E-state index contributed by atoms with van der Waals surface area (Å²) in [5.74, 6) is -0.305. The molecule has 0 aliphatic heterocycles. The topological polar surface area (TPSA) is 106 Å². The fourth-order valence-corrected chi connectivity index (χ4v) is 3.13. The van der Waals surface area contributed by atoms with Gasteiger partial charge >= 0.3 is 0 Å². The molecular formula is C15H18N6OS2. The predicted molar refractivity (Wildman–Crippen MR) is 100 cm³/mol. The molecule has 2 aromatic rings. The van der Waals surface area contributed by atoms with Gasteiger partial charge in [-0.2, -0.15) is 0 Å². The molecule has 2 heterocycles. The van der Waals surface area contributed by atoms with Crippen molar-refractivity contribution in [1.29, 1.82) is 0 Å². The van der Waals surface area contributed by atoms with Crippen LogP contribution in [-0.2, 0) is 0 Å². The summed E-state index contributed by atoms with van der Waals surface area (Å²) in [5, 5.41) is 7.84. The number of carbonyl (C=O) groups excluding carboxylic acids is 1. The molecule has 0 fully saturated rings. The molecule has 0 aromatic carbocycles. The predicted octanol–water partition coefficient (Wildman–Crippen LogP) is 2.52. The Hall–Kier alpha value is -2.26. The van der Waals surface area contributed by atoms with Crippen molar-refractivity contribution in [2.75, 3.05) is 18.8 Å². The number of aryl methyl sites for hydroxylation is 1. The van der Waals surface area contributed by atoms with Crippen LogP contribution >= 0.6 is 23.1 Å². The molecule has 0 saturated carbocycles. The Morgan fingerprint density at radius 2 is 2.29 bits per heavy atom. The molecular weight excluding hydrogens is 344 g/mol. The number of thiazole rings is 1. The van der Waals surface area contributed by atoms with Gasteiger partial charge in [0.05, 0.1) is 11.6 Å². The zero-order chi connectivity index (χ0) is 17.5. The quantitative estimate of drug-likeness (QED) is 0.604. The minimum atomic E-state index is -0.341. The second kappa shape index (κ2) is 8.55. The number of nitrogens with two attached hydrogens (primary N) is 1. The molecule has 24 heavy (non-hydrogen) atoms. The van der Waals surface area contributed by atoms with Gasteiger partial charge in [-0.15, -0.1) is 11.3 Å². The van der Waals surface area contributed by atoms with E-state index in [1.807, 2.05) is 19.2 Å². The van der Waals surface area contributed by atoms with Crippen molar-refractivity contribution in [2.45, 2.75) is 13.8 Å². The highest BCUT2D eigenvalue weighted by molar-refractivity contribution is 8.16. The van der Waals surface area contributed by atoms with Gasteiger partial charge in [-0.25, -0.2) is 15.0 Å². The summed E-state index contributed by atoms with van der Waals surface area (Å²) in [4.78, 5) is 29.1. The van der Waals surface area contributed by atoms with E-state index >= 15 is 0 Å². The zero-order valence-corrected chi connectivity index (χ0v) is 15.1. The Morgan fingerprint density at radius 1 is 1.50 bits per heavy atom. The van der Waals surface area contributed by atoms with E-state index in [2.05, 4.69) is 31.8 Å². The summed E-state index contributed by atoms with van der Waals surface area (Å²) < 4.78 is 0. The van der Waals surface area contributed by atoms with E-state index in [1.54, 1.807) is 11.5 Å². The van der Waals surface area contributed by atoms with Crippen molar-refractivity contribution in [3.8, 4) is 10.7 Å². The number of aliphatic imine (C=N–C) groups is 1. The molecule has 0 spiro atoms. The summed E-state index contributed by atoms with van der Waals surface area (Å²) in [6.07, 6.45) is 0. The Bertz CT molecular complexity index is 771. The number of anilines is 1. The molecule has 1 amide bonds. The lowest BCUT2D eigenvalue weighted by Crippen LogP contribution is -2.29. The van der Waals surface area contributed by atoms with Crippen LogP contribution in [0.1, 0.15) is 23.1 Å². The van der Waals surface area contributed by atoms with E-state index < -0.39 is 0 Å². The van der Waals surface area contributed by atoms with Crippen LogP contribution in [0.25, 0.3) is 10.7 Å². The maximum atomic E-state index is 12.3. The molecule has 0 atom stereocenters. The van der Waals surface area contributed by atoms with Crippen LogP contribution in [0.3, 0.4) is 0 Å². The third-order valence-corrected chi connectivity index (χ3v) is 4.46. The van der Waals surface area contributed by atoms with E-state index in [4.69, 9.17) is 5.73 Å². The highest BCUT2D eigenvalue weighted by Gasteiger charge is 2.14. The van der Waals surface area contributed by atoms with Gasteiger partial charge in [0.15, 0.2) is 0 Å². The molecule has 0 bridgehead atoms. The summed E-state index contributed by atoms with van der Waals surface area (Å²) in [7, 11) is 0. The molecule has 2 aromatic heterocycles. The number of carbonyl (C=O) groups is 1. The lowest BCUT2D eigenvalue weighted by atomic mass is 10.3. The number of thioether (sulfide) groups is 1. The van der Waals surface area contributed by atoms with Crippen molar-refractivity contribution >= 4 is 40.0 Å². The summed E-state index contributed by atoms with van der Waals surface area (Å²) in [6.45, 7) is 8.42. The summed E-state index contributed by atoms with van der Waals surface area (Å²) in [6, 6.07) is 1.58. The first kappa shape index (κ1) is 18.1. The maximum Gasteiger partial charge on any atom is 0.270 e. The lowest BCUT2D eigenvalue weighted by Gasteiger charge is -2.07. The monoisotopic (exact) mass is 362 g/mol. The second-order valence-electron chi connectivity index (χ2n) is 4.63. The van der Waals surface area contributed by atoms with E-state index in [1.165, 1.54) is 23.1 Å². The van der Waals surface area contributed by atoms with E-state index in [0.29, 0.717) is 23.8 Å². The van der Waals surface area contributed by atoms with Crippen LogP contribution in [0.2, 0.25) is 0 Å². The Balaban J connectivity index is 2.16. The summed E-state index contributed by atoms with van der Waals surface area (Å²) >= 11 is 2.82. The highest BCUT2D eigenvalue weighted by Crippen LogP contribution is 2.22. The van der Waals surface area contributed by atoms with E-state index in [0.717, 1.165) is 10.7 Å². The van der Waals surface area contributed by atoms with Crippen molar-refractivity contribution in [3.05, 3.63) is 34.8 Å². The first-order chi connectivity index (χ1) is 11.5. The van der Waals surface area contributed by atoms with Gasteiger partial charge in [-0.3, -0.25) is 9.79 Å². The zero-order valence-electron chi connectivity index (χ0n) is 13.4. The molecule has 0 aliphatic carbocycles. The minimum absolute atomic E-state index is 0.0356. The van der Waals surface area contributed by atoms with Crippen LogP contribution < -0.4 is 11.1 Å². The van der Waals surface area contributed by atoms with Gasteiger partial charge in [0.1, 0.15) is 16.4 Å². The van der Waals surface area contributed by atoms with Crippen molar-refractivity contribution in [2.24, 2.45) is 4.99 Å². The number of nitrogen functional groups attached to an aromatic ring is 1. The number of amides is 1. The van der Waals surface area contributed by atoms with Gasteiger partial charge < -0.3 is 11.1 Å². The Labute approximate surface area is 148 Å². The average Bonchev–Trinajstić information content (AvgIpc) is 2.98. The molecule has 7 nitrogen and oxygen atoms in total. The number of hydrogen-bond donors (Lipinski definition) is 2. The van der Waals surface area contributed by atoms with Crippen LogP contribution in [0.5, 0.6) is 0 Å². The fraction of sp³-hybridized carbons (Fsp3) is 0.267. The molecule has 126 valence electrons. The number of nitrogens with zero attached hydrogens (tertiary/aromatic N) is 4. The third-order valence-electron chi connectivity index (χ3n) is 2.77. The van der Waals surface area contributed by atoms with Crippen LogP contribution in [0.4, 0.5) is 5.95 Å². The first-order valence-corrected chi connectivity index (χ1v) is 8.95. The van der Waals surface area contributed by atoms with Gasteiger partial charge in [-0.1, -0.05) is 18.3 Å². The largest absolute Gasteiger partial charge is 0.368 e. The van der Waals surface area contributed by atoms with Crippen molar-refractivity contribution < 1.29 is 4.79 Å². The lowest BCUT2D eigenvalue weighted by molar-refractivity contribution is 0.0954. The molecule has 0 saturated heterocycles. The molecule has 0 radical (unpaired) electrons. The SMILES string of the molecule is C=CSC(CNC(=O)c1cc(-c2nc(C)cs2)nc(N)n1)=NCC. The Kier molecular flexibility index (Phi) is 6.44. The van der Waals surface area contributed by atoms with Gasteiger partial charge in [0.25, 0.3) is 5.91 Å². The standard InChI is InChI=1S/C15H18N6OS2/c1-4-17-12(23-5-2)7-18-13(22)10-6-11(21-15(16)20-10)14-19-9(3)8-24-14/h5-6,8H,2,4,7H2,1,3H3,(H,18,22)(H2,16,20,21). The number of nitrogens with one attached hydrogen (secondary N) is 1. The average molecular weight is 362 g/mol. The smallest absolute Gasteiger partial charge is 0.270 e. The summed E-state index contributed by atoms with van der Waals surface area (Å²) in [5.41, 5.74) is 7.35. The number of rotatable bonds is 6. The molecule has 9 heteroatoms. The van der Waals surface area contributed by atoms with Gasteiger partial charge in [0, 0.05) is 17.6 Å². The normalized spacial score (nSPS) is 11.3. The molecule has 0 unspecified atom stereocenters. The van der Waals surface area contributed by atoms with Crippen molar-refractivity contribution in [3.63, 3.8) is 0 Å². The molecule has 0 aliphatic rings. The van der Waals surface area contributed by atoms with Crippen LogP contribution in [0.15, 0.2) is 28.4 Å². The van der Waals surface area contributed by atoms with Crippen LogP contribution in [-0.4, -0.2) is 39.0 Å². The molecule has 3 N–H and O–H groups in total. The maximum absolute atomic E-state index is 12.3. The fourth-order valence-electron chi connectivity index (χ4n) is 1.82. The molecule has 2 rings (SSSR count). The third kappa shape index (κ3) is 4.87. The minimum Gasteiger partial charge on any atom is -0.368 e. The second-order valence-corrected chi connectivity index (χ2v) is 6.52. The number of aromatic nitrogens is 3. The Morgan fingerprint density at radius 3 is 2.92 bits per heavy atom. The van der Waals surface area contributed by atoms with Crippen LogP contribution in [0, 0.1) is 6.92 Å².